The number of fused-ring (bicyclic) bond motifs is 2. The number of halogens is 1. The number of piperazine rings is 1. The fourth-order valence-corrected chi connectivity index (χ4v) is 5.38. The molecule has 2 atom stereocenters. The van der Waals surface area contributed by atoms with Crippen molar-refractivity contribution < 1.29 is 9.18 Å². The van der Waals surface area contributed by atoms with Crippen molar-refractivity contribution in [2.24, 2.45) is 7.05 Å². The highest BCUT2D eigenvalue weighted by Crippen LogP contribution is 2.41. The number of aromatic nitrogens is 3. The average molecular weight is 444 g/mol. The molecule has 2 N–H and O–H groups in total. The number of hydrogen-bond donors (Lipinski definition) is 2. The predicted molar refractivity (Wildman–Crippen MR) is 115 cm³/mol. The van der Waals surface area contributed by atoms with Gasteiger partial charge in [0.2, 0.25) is 5.95 Å². The lowest BCUT2D eigenvalue weighted by Gasteiger charge is -2.35. The Hall–Kier alpha value is -3.05. The van der Waals surface area contributed by atoms with Gasteiger partial charge in [-0.25, -0.2) is 9.78 Å². The van der Waals surface area contributed by atoms with Gasteiger partial charge in [0.15, 0.2) is 0 Å². The summed E-state index contributed by atoms with van der Waals surface area (Å²) in [6.45, 7) is 2.05. The van der Waals surface area contributed by atoms with Crippen LogP contribution >= 0.6 is 11.3 Å². The molecule has 0 bridgehead atoms. The zero-order valence-electron chi connectivity index (χ0n) is 17.0. The molecule has 2 aliphatic rings. The Labute approximate surface area is 180 Å². The van der Waals surface area contributed by atoms with Crippen molar-refractivity contribution in [3.05, 3.63) is 55.6 Å². The van der Waals surface area contributed by atoms with Crippen LogP contribution in [0.15, 0.2) is 27.8 Å². The molecule has 5 rings (SSSR count). The van der Waals surface area contributed by atoms with E-state index in [4.69, 9.17) is 0 Å². The molecular weight excluding hydrogens is 423 g/mol. The van der Waals surface area contributed by atoms with E-state index in [1.807, 2.05) is 11.0 Å². The minimum atomic E-state index is -0.635. The fourth-order valence-electron chi connectivity index (χ4n) is 4.27. The number of nitrogens with one attached hydrogen (secondary N) is 2. The summed E-state index contributed by atoms with van der Waals surface area (Å²) in [6.07, 6.45) is 0.917. The second-order valence-electron chi connectivity index (χ2n) is 7.87. The Morgan fingerprint density at radius 3 is 2.87 bits per heavy atom. The van der Waals surface area contributed by atoms with E-state index in [0.717, 1.165) is 22.4 Å². The highest BCUT2D eigenvalue weighted by molar-refractivity contribution is 7.18. The van der Waals surface area contributed by atoms with Gasteiger partial charge in [0.1, 0.15) is 10.4 Å². The number of rotatable bonds is 4. The molecule has 3 aromatic heterocycles. The fraction of sp³-hybridized carbons (Fsp3) is 0.400. The van der Waals surface area contributed by atoms with E-state index in [-0.39, 0.29) is 17.3 Å². The molecule has 2 unspecified atom stereocenters. The smallest absolute Gasteiger partial charge is 0.328 e. The third kappa shape index (κ3) is 3.33. The maximum atomic E-state index is 14.6. The molecule has 162 valence electrons. The molecule has 0 aromatic carbocycles. The molecule has 1 saturated heterocycles. The van der Waals surface area contributed by atoms with Crippen LogP contribution in [-0.4, -0.2) is 57.6 Å². The number of H-pyrrole nitrogens is 1. The van der Waals surface area contributed by atoms with Crippen LogP contribution < -0.4 is 21.5 Å². The first-order chi connectivity index (χ1) is 14.9. The lowest BCUT2D eigenvalue weighted by molar-refractivity contribution is 0.0957. The number of amides is 1. The van der Waals surface area contributed by atoms with E-state index in [9.17, 15) is 18.8 Å². The molecule has 1 aliphatic carbocycles. The Balaban J connectivity index is 1.32. The number of anilines is 1. The lowest BCUT2D eigenvalue weighted by Crippen LogP contribution is -2.46. The summed E-state index contributed by atoms with van der Waals surface area (Å²) in [5, 5.41) is 2.44. The van der Waals surface area contributed by atoms with Crippen LogP contribution in [0.4, 0.5) is 10.1 Å². The molecule has 1 aliphatic heterocycles. The third-order valence-electron chi connectivity index (χ3n) is 6.01. The summed E-state index contributed by atoms with van der Waals surface area (Å²) in [6, 6.07) is 5.51. The van der Waals surface area contributed by atoms with Crippen molar-refractivity contribution >= 4 is 33.1 Å². The standard InChI is InChI=1S/C20H21FN6O3S/c1-22-18(28)11-3-4-13(17(21)23-11)27-6-5-26(14-8-15(14)27)9-10-7-12-16(31-10)19(29)25(2)20(30)24-12/h3-4,7,14-15H,5-6,8-9H2,1-2H3,(H,22,28)(H,24,30). The number of thiophene rings is 1. The van der Waals surface area contributed by atoms with Crippen LogP contribution in [-0.2, 0) is 13.6 Å². The molecule has 9 nitrogen and oxygen atoms in total. The van der Waals surface area contributed by atoms with E-state index in [2.05, 4.69) is 20.2 Å². The Bertz CT molecular complexity index is 1310. The zero-order valence-corrected chi connectivity index (χ0v) is 17.8. The molecule has 4 heterocycles. The SMILES string of the molecule is CNC(=O)c1ccc(N2CCN(Cc3cc4[nH]c(=O)n(C)c(=O)c4s3)C3CC32)c(F)n1. The first-order valence-electron chi connectivity index (χ1n) is 9.98. The average Bonchev–Trinajstić information content (AvgIpc) is 3.47. The first kappa shape index (κ1) is 19.9. The van der Waals surface area contributed by atoms with Crippen LogP contribution in [0.1, 0.15) is 21.8 Å². The van der Waals surface area contributed by atoms with Crippen LogP contribution in [0.2, 0.25) is 0 Å². The normalized spacial score (nSPS) is 20.7. The van der Waals surface area contributed by atoms with Crippen molar-refractivity contribution in [1.29, 1.82) is 0 Å². The number of carbonyl (C=O) groups is 1. The summed E-state index contributed by atoms with van der Waals surface area (Å²) >= 11 is 1.40. The van der Waals surface area contributed by atoms with Crippen molar-refractivity contribution in [3.8, 4) is 0 Å². The highest BCUT2D eigenvalue weighted by atomic mass is 32.1. The van der Waals surface area contributed by atoms with Crippen molar-refractivity contribution in [3.63, 3.8) is 0 Å². The van der Waals surface area contributed by atoms with Gasteiger partial charge in [-0.2, -0.15) is 4.39 Å². The summed E-state index contributed by atoms with van der Waals surface area (Å²) in [7, 11) is 2.94. The molecule has 1 saturated carbocycles. The maximum Gasteiger partial charge on any atom is 0.328 e. The minimum absolute atomic E-state index is 0.0590. The molecule has 1 amide bonds. The Kier molecular flexibility index (Phi) is 4.67. The van der Waals surface area contributed by atoms with Gasteiger partial charge in [0.05, 0.1) is 11.2 Å². The second-order valence-corrected chi connectivity index (χ2v) is 9.01. The molecule has 0 radical (unpaired) electrons. The van der Waals surface area contributed by atoms with Crippen molar-refractivity contribution in [2.75, 3.05) is 25.0 Å². The van der Waals surface area contributed by atoms with Gasteiger partial charge in [-0.1, -0.05) is 0 Å². The summed E-state index contributed by atoms with van der Waals surface area (Å²) in [5.41, 5.74) is 0.345. The van der Waals surface area contributed by atoms with Gasteiger partial charge in [0, 0.05) is 50.7 Å². The quantitative estimate of drug-likeness (QED) is 0.573. The molecule has 11 heteroatoms. The maximum absolute atomic E-state index is 14.6. The summed E-state index contributed by atoms with van der Waals surface area (Å²) in [5.74, 6) is -1.05. The highest BCUT2D eigenvalue weighted by Gasteiger charge is 2.49. The second kappa shape index (κ2) is 7.27. The van der Waals surface area contributed by atoms with E-state index in [0.29, 0.717) is 35.0 Å². The molecular formula is C20H21FN6O3S. The van der Waals surface area contributed by atoms with E-state index in [1.54, 1.807) is 12.1 Å². The molecule has 2 fully saturated rings. The van der Waals surface area contributed by atoms with Crippen LogP contribution in [0.25, 0.3) is 10.2 Å². The zero-order chi connectivity index (χ0) is 21.9. The molecule has 3 aromatic rings. The van der Waals surface area contributed by atoms with Crippen LogP contribution in [0.3, 0.4) is 0 Å². The summed E-state index contributed by atoms with van der Waals surface area (Å²) < 4.78 is 16.2. The third-order valence-corrected chi connectivity index (χ3v) is 7.11. The van der Waals surface area contributed by atoms with Gasteiger partial charge in [-0.15, -0.1) is 11.3 Å². The number of pyridine rings is 1. The van der Waals surface area contributed by atoms with Gasteiger partial charge in [-0.05, 0) is 24.6 Å². The van der Waals surface area contributed by atoms with Crippen molar-refractivity contribution in [2.45, 2.75) is 25.0 Å². The monoisotopic (exact) mass is 444 g/mol. The number of nitrogens with zero attached hydrogens (tertiary/aromatic N) is 4. The Morgan fingerprint density at radius 1 is 1.32 bits per heavy atom. The van der Waals surface area contributed by atoms with Gasteiger partial charge in [-0.3, -0.25) is 19.1 Å². The van der Waals surface area contributed by atoms with E-state index in [1.165, 1.54) is 25.4 Å². The van der Waals surface area contributed by atoms with Crippen LogP contribution in [0, 0.1) is 5.95 Å². The van der Waals surface area contributed by atoms with Crippen molar-refractivity contribution in [1.82, 2.24) is 24.8 Å². The summed E-state index contributed by atoms with van der Waals surface area (Å²) in [4.78, 5) is 47.7. The van der Waals surface area contributed by atoms with E-state index >= 15 is 0 Å². The predicted octanol–water partition coefficient (Wildman–Crippen LogP) is 0.645. The number of carbonyl (C=O) groups excluding carboxylic acids is 1. The largest absolute Gasteiger partial charge is 0.362 e. The molecule has 0 spiro atoms. The first-order valence-corrected chi connectivity index (χ1v) is 10.8. The van der Waals surface area contributed by atoms with E-state index < -0.39 is 17.5 Å². The van der Waals surface area contributed by atoms with Crippen LogP contribution in [0.5, 0.6) is 0 Å². The molecule has 31 heavy (non-hydrogen) atoms. The Morgan fingerprint density at radius 2 is 2.13 bits per heavy atom. The number of aromatic amines is 1. The van der Waals surface area contributed by atoms with Gasteiger partial charge < -0.3 is 15.2 Å². The topological polar surface area (TPSA) is 103 Å². The van der Waals surface area contributed by atoms with Gasteiger partial charge >= 0.3 is 5.69 Å². The minimum Gasteiger partial charge on any atom is -0.362 e. The lowest BCUT2D eigenvalue weighted by atomic mass is 10.2. The van der Waals surface area contributed by atoms with Gasteiger partial charge in [0.25, 0.3) is 11.5 Å². The number of hydrogen-bond acceptors (Lipinski definition) is 7.